The lowest BCUT2D eigenvalue weighted by atomic mass is 9.79. The third-order valence-corrected chi connectivity index (χ3v) is 6.94. The molecule has 1 amide bonds. The van der Waals surface area contributed by atoms with Gasteiger partial charge < -0.3 is 14.5 Å². The third-order valence-electron chi connectivity index (χ3n) is 6.94. The molecule has 0 aromatic rings. The van der Waals surface area contributed by atoms with Gasteiger partial charge in [0.25, 0.3) is 0 Å². The number of likely N-dealkylation sites (N-methyl/N-ethyl adjacent to an activating group) is 1. The molecule has 0 bridgehead atoms. The van der Waals surface area contributed by atoms with Crippen molar-refractivity contribution in [2.75, 3.05) is 33.2 Å². The minimum atomic E-state index is -0.417. The van der Waals surface area contributed by atoms with Gasteiger partial charge >= 0.3 is 6.09 Å². The van der Waals surface area contributed by atoms with Crippen LogP contribution in [0.3, 0.4) is 0 Å². The molecule has 0 aliphatic carbocycles. The molecule has 0 aromatic heterocycles. The highest BCUT2D eigenvalue weighted by Gasteiger charge is 2.30. The highest BCUT2D eigenvalue weighted by Crippen LogP contribution is 2.34. The van der Waals surface area contributed by atoms with E-state index in [0.717, 1.165) is 38.8 Å². The first kappa shape index (κ1) is 24.0. The zero-order chi connectivity index (χ0) is 21.7. The summed E-state index contributed by atoms with van der Waals surface area (Å²) in [7, 11) is 2.18. The van der Waals surface area contributed by atoms with Gasteiger partial charge in [0, 0.05) is 26.2 Å². The molecule has 0 fully saturated rings. The number of amides is 1. The molecule has 2 aliphatic rings. The van der Waals surface area contributed by atoms with Crippen LogP contribution in [-0.4, -0.2) is 54.7 Å². The average molecular weight is 405 g/mol. The summed E-state index contributed by atoms with van der Waals surface area (Å²) in [4.78, 5) is 16.9. The normalized spacial score (nSPS) is 20.2. The van der Waals surface area contributed by atoms with Crippen LogP contribution in [-0.2, 0) is 4.74 Å². The standard InChI is InChI=1S/C25H44N2O2/c1-8-24(3,4)22-12-17-27(18-13-22)23(28)29-25(5,6)14-9-20(2)19-21-10-15-26(7)16-11-21/h10,12,20H,8-9,11,13-19H2,1-7H3. The van der Waals surface area contributed by atoms with E-state index in [1.54, 1.807) is 5.57 Å². The van der Waals surface area contributed by atoms with Crippen LogP contribution in [0.1, 0.15) is 80.1 Å². The van der Waals surface area contributed by atoms with E-state index in [9.17, 15) is 4.79 Å². The second kappa shape index (κ2) is 10.1. The Bertz CT molecular complexity index is 618. The van der Waals surface area contributed by atoms with Crippen LogP contribution < -0.4 is 0 Å². The minimum Gasteiger partial charge on any atom is -0.443 e. The van der Waals surface area contributed by atoms with Crippen LogP contribution in [0.15, 0.2) is 23.3 Å². The Labute approximate surface area is 179 Å². The van der Waals surface area contributed by atoms with Gasteiger partial charge in [-0.15, -0.1) is 0 Å². The first-order valence-electron chi connectivity index (χ1n) is 11.6. The van der Waals surface area contributed by atoms with Gasteiger partial charge in [0.15, 0.2) is 0 Å². The van der Waals surface area contributed by atoms with Gasteiger partial charge in [-0.05, 0) is 70.8 Å². The molecule has 166 valence electrons. The maximum Gasteiger partial charge on any atom is 0.410 e. The first-order valence-corrected chi connectivity index (χ1v) is 11.6. The van der Waals surface area contributed by atoms with Gasteiger partial charge in [0.2, 0.25) is 0 Å². The fourth-order valence-corrected chi connectivity index (χ4v) is 4.17. The maximum atomic E-state index is 12.7. The van der Waals surface area contributed by atoms with E-state index in [4.69, 9.17) is 4.74 Å². The molecular formula is C25H44N2O2. The Morgan fingerprint density at radius 1 is 1.14 bits per heavy atom. The largest absolute Gasteiger partial charge is 0.443 e. The van der Waals surface area contributed by atoms with E-state index in [1.165, 1.54) is 25.0 Å². The predicted octanol–water partition coefficient (Wildman–Crippen LogP) is 6.04. The van der Waals surface area contributed by atoms with Crippen molar-refractivity contribution in [3.63, 3.8) is 0 Å². The lowest BCUT2D eigenvalue weighted by Crippen LogP contribution is -2.41. The number of carbonyl (C=O) groups is 1. The molecule has 0 aromatic carbocycles. The summed E-state index contributed by atoms with van der Waals surface area (Å²) in [5.41, 5.74) is 2.88. The molecule has 4 nitrogen and oxygen atoms in total. The van der Waals surface area contributed by atoms with Crippen molar-refractivity contribution in [2.24, 2.45) is 11.3 Å². The summed E-state index contributed by atoms with van der Waals surface area (Å²) in [6.07, 6.45) is 10.9. The molecule has 0 saturated heterocycles. The zero-order valence-corrected chi connectivity index (χ0v) is 20.0. The molecular weight excluding hydrogens is 360 g/mol. The van der Waals surface area contributed by atoms with Gasteiger partial charge in [-0.25, -0.2) is 4.79 Å². The number of carbonyl (C=O) groups excluding carboxylic acids is 1. The van der Waals surface area contributed by atoms with Crippen LogP contribution in [0, 0.1) is 11.3 Å². The van der Waals surface area contributed by atoms with E-state index in [2.05, 4.69) is 65.6 Å². The number of rotatable bonds is 8. The predicted molar refractivity (Wildman–Crippen MR) is 122 cm³/mol. The summed E-state index contributed by atoms with van der Waals surface area (Å²) in [5, 5.41) is 0. The molecule has 0 radical (unpaired) electrons. The molecule has 29 heavy (non-hydrogen) atoms. The SMILES string of the molecule is CCC(C)(C)C1=CCN(C(=O)OC(C)(C)CCC(C)CC2=CCN(C)CC2)CC1. The average Bonchev–Trinajstić information content (AvgIpc) is 2.68. The number of hydrogen-bond donors (Lipinski definition) is 0. The van der Waals surface area contributed by atoms with Crippen molar-refractivity contribution in [3.8, 4) is 0 Å². The van der Waals surface area contributed by atoms with Crippen molar-refractivity contribution >= 4 is 6.09 Å². The minimum absolute atomic E-state index is 0.162. The Kier molecular flexibility index (Phi) is 8.39. The Morgan fingerprint density at radius 2 is 1.86 bits per heavy atom. The molecule has 1 unspecified atom stereocenters. The van der Waals surface area contributed by atoms with Crippen LogP contribution in [0.5, 0.6) is 0 Å². The molecule has 2 rings (SSSR count). The Morgan fingerprint density at radius 3 is 2.41 bits per heavy atom. The van der Waals surface area contributed by atoms with Gasteiger partial charge in [-0.3, -0.25) is 0 Å². The second-order valence-electron chi connectivity index (χ2n) is 10.5. The smallest absolute Gasteiger partial charge is 0.410 e. The van der Waals surface area contributed by atoms with Crippen molar-refractivity contribution in [1.29, 1.82) is 0 Å². The fraction of sp³-hybridized carbons (Fsp3) is 0.800. The number of nitrogens with zero attached hydrogens (tertiary/aromatic N) is 2. The third kappa shape index (κ3) is 7.47. The summed E-state index contributed by atoms with van der Waals surface area (Å²) >= 11 is 0. The monoisotopic (exact) mass is 404 g/mol. The first-order chi connectivity index (χ1) is 13.5. The van der Waals surface area contributed by atoms with Gasteiger partial charge in [0.05, 0.1) is 0 Å². The van der Waals surface area contributed by atoms with E-state index >= 15 is 0 Å². The van der Waals surface area contributed by atoms with Crippen molar-refractivity contribution in [3.05, 3.63) is 23.3 Å². The van der Waals surface area contributed by atoms with Gasteiger partial charge in [0.1, 0.15) is 5.60 Å². The molecule has 4 heteroatoms. The van der Waals surface area contributed by atoms with Gasteiger partial charge in [-0.2, -0.15) is 0 Å². The topological polar surface area (TPSA) is 32.8 Å². The van der Waals surface area contributed by atoms with Crippen LogP contribution in [0.2, 0.25) is 0 Å². The molecule has 0 N–H and O–H groups in total. The highest BCUT2D eigenvalue weighted by atomic mass is 16.6. The van der Waals surface area contributed by atoms with Crippen LogP contribution >= 0.6 is 0 Å². The zero-order valence-electron chi connectivity index (χ0n) is 20.0. The van der Waals surface area contributed by atoms with Crippen LogP contribution in [0.4, 0.5) is 4.79 Å². The van der Waals surface area contributed by atoms with E-state index in [1.807, 2.05) is 4.90 Å². The summed E-state index contributed by atoms with van der Waals surface area (Å²) in [5.74, 6) is 0.624. The molecule has 0 saturated carbocycles. The van der Waals surface area contributed by atoms with Crippen LogP contribution in [0.25, 0.3) is 0 Å². The van der Waals surface area contributed by atoms with Gasteiger partial charge in [-0.1, -0.05) is 51.0 Å². The number of ether oxygens (including phenoxy) is 1. The number of hydrogen-bond acceptors (Lipinski definition) is 3. The van der Waals surface area contributed by atoms with E-state index < -0.39 is 5.60 Å². The fourth-order valence-electron chi connectivity index (χ4n) is 4.17. The Hall–Kier alpha value is -1.29. The lowest BCUT2D eigenvalue weighted by molar-refractivity contribution is 0.00615. The lowest BCUT2D eigenvalue weighted by Gasteiger charge is -2.35. The van der Waals surface area contributed by atoms with Crippen molar-refractivity contribution in [1.82, 2.24) is 9.80 Å². The van der Waals surface area contributed by atoms with Crippen molar-refractivity contribution in [2.45, 2.75) is 85.7 Å². The van der Waals surface area contributed by atoms with E-state index in [-0.39, 0.29) is 11.5 Å². The van der Waals surface area contributed by atoms with E-state index in [0.29, 0.717) is 12.5 Å². The maximum absolute atomic E-state index is 12.7. The summed E-state index contributed by atoms with van der Waals surface area (Å²) in [6.45, 7) is 16.9. The quantitative estimate of drug-likeness (QED) is 0.462. The molecule has 0 spiro atoms. The molecule has 2 aliphatic heterocycles. The summed E-state index contributed by atoms with van der Waals surface area (Å²) < 4.78 is 5.92. The molecule has 2 heterocycles. The second-order valence-corrected chi connectivity index (χ2v) is 10.5. The highest BCUT2D eigenvalue weighted by molar-refractivity contribution is 5.68. The Balaban J connectivity index is 1.78. The van der Waals surface area contributed by atoms with Crippen molar-refractivity contribution < 1.29 is 9.53 Å². The molecule has 1 atom stereocenters. The summed E-state index contributed by atoms with van der Waals surface area (Å²) in [6, 6.07) is 0.